The fourth-order valence-electron chi connectivity index (χ4n) is 0.140. The minimum absolute atomic E-state index is 0. The summed E-state index contributed by atoms with van der Waals surface area (Å²) in [5, 5.41) is 0. The molecule has 0 heterocycles. The molecule has 0 bridgehead atoms. The van der Waals surface area contributed by atoms with E-state index in [1.54, 1.807) is 0 Å². The Morgan fingerprint density at radius 3 is 1.55 bits per heavy atom. The van der Waals surface area contributed by atoms with E-state index >= 15 is 0 Å². The molecule has 0 unspecified atom stereocenters. The van der Waals surface area contributed by atoms with Crippen molar-refractivity contribution < 1.29 is 18.0 Å². The molecule has 0 aromatic carbocycles. The summed E-state index contributed by atoms with van der Waals surface area (Å²) in [5.74, 6) is -1.36. The summed E-state index contributed by atoms with van der Waals surface area (Å²) < 4.78 is 35.4. The number of primary amides is 1. The van der Waals surface area contributed by atoms with Gasteiger partial charge in [-0.2, -0.15) is 13.2 Å². The number of alkyl halides is 3. The molecule has 68 valence electrons. The van der Waals surface area contributed by atoms with Gasteiger partial charge in [-0.15, -0.1) is 12.4 Å². The number of nitrogens with two attached hydrogens (primary N) is 1. The summed E-state index contributed by atoms with van der Waals surface area (Å²) in [6, 6.07) is 0. The summed E-state index contributed by atoms with van der Waals surface area (Å²) in [4.78, 5) is 10.2. The van der Waals surface area contributed by atoms with Crippen LogP contribution in [0.4, 0.5) is 13.2 Å². The van der Waals surface area contributed by atoms with Crippen molar-refractivity contribution in [3.05, 3.63) is 0 Å². The molecule has 11 heavy (non-hydrogen) atoms. The Labute approximate surface area is 68.4 Å². The maximum atomic E-state index is 11.8. The normalized spacial score (nSPS) is 12.1. The van der Waals surface area contributed by atoms with Gasteiger partial charge >= 0.3 is 6.18 Å². The first-order chi connectivity index (χ1) is 4.19. The first-order valence-corrected chi connectivity index (χ1v) is 2.56. The standard InChI is InChI=1S/C5H8F3NO.ClH/c1-4(2,3(9)10)5(6,7)8;/h1-2H3,(H2,9,10);1H. The lowest BCUT2D eigenvalue weighted by atomic mass is 9.92. The van der Waals surface area contributed by atoms with Gasteiger partial charge in [0.25, 0.3) is 0 Å². The van der Waals surface area contributed by atoms with E-state index in [9.17, 15) is 18.0 Å². The third kappa shape index (κ3) is 2.57. The van der Waals surface area contributed by atoms with Gasteiger partial charge in [-0.05, 0) is 13.8 Å². The van der Waals surface area contributed by atoms with Crippen LogP contribution in [0, 0.1) is 5.41 Å². The van der Waals surface area contributed by atoms with Gasteiger partial charge in [0.15, 0.2) is 0 Å². The van der Waals surface area contributed by atoms with Crippen LogP contribution < -0.4 is 5.73 Å². The van der Waals surface area contributed by atoms with Crippen LogP contribution >= 0.6 is 12.4 Å². The number of hydrogen-bond acceptors (Lipinski definition) is 1. The average Bonchev–Trinajstić information content (AvgIpc) is 1.62. The van der Waals surface area contributed by atoms with Crippen LogP contribution in [0.15, 0.2) is 0 Å². The molecule has 0 saturated carbocycles. The first kappa shape index (κ1) is 13.2. The van der Waals surface area contributed by atoms with Gasteiger partial charge in [-0.1, -0.05) is 0 Å². The molecule has 0 rings (SSSR count). The van der Waals surface area contributed by atoms with Crippen molar-refractivity contribution in [3.63, 3.8) is 0 Å². The van der Waals surface area contributed by atoms with Gasteiger partial charge in [0, 0.05) is 0 Å². The minimum atomic E-state index is -4.56. The highest BCUT2D eigenvalue weighted by molar-refractivity contribution is 5.85. The molecule has 0 aliphatic carbocycles. The van der Waals surface area contributed by atoms with Crippen molar-refractivity contribution in [2.75, 3.05) is 0 Å². The lowest BCUT2D eigenvalue weighted by Crippen LogP contribution is -2.43. The SMILES string of the molecule is CC(C)(C(N)=O)C(F)(F)F.Cl. The third-order valence-electron chi connectivity index (χ3n) is 1.32. The van der Waals surface area contributed by atoms with E-state index in [1.165, 1.54) is 0 Å². The second kappa shape index (κ2) is 3.30. The van der Waals surface area contributed by atoms with Gasteiger partial charge in [0.1, 0.15) is 5.41 Å². The molecule has 2 N–H and O–H groups in total. The summed E-state index contributed by atoms with van der Waals surface area (Å²) in [7, 11) is 0. The van der Waals surface area contributed by atoms with Gasteiger partial charge < -0.3 is 5.73 Å². The fraction of sp³-hybridized carbons (Fsp3) is 0.800. The highest BCUT2D eigenvalue weighted by atomic mass is 35.5. The summed E-state index contributed by atoms with van der Waals surface area (Å²) in [6.07, 6.45) is -4.56. The maximum Gasteiger partial charge on any atom is 0.402 e. The van der Waals surface area contributed by atoms with E-state index in [4.69, 9.17) is 0 Å². The van der Waals surface area contributed by atoms with Crippen LogP contribution in [0.25, 0.3) is 0 Å². The Morgan fingerprint density at radius 2 is 1.55 bits per heavy atom. The van der Waals surface area contributed by atoms with Gasteiger partial charge in [-0.3, -0.25) is 4.79 Å². The molecular formula is C5H9ClF3NO. The van der Waals surface area contributed by atoms with Crippen molar-refractivity contribution in [3.8, 4) is 0 Å². The monoisotopic (exact) mass is 191 g/mol. The molecule has 0 radical (unpaired) electrons. The molecule has 0 aromatic heterocycles. The quantitative estimate of drug-likeness (QED) is 0.670. The van der Waals surface area contributed by atoms with Crippen LogP contribution in [-0.4, -0.2) is 12.1 Å². The van der Waals surface area contributed by atoms with E-state index in [0.29, 0.717) is 0 Å². The predicted molar refractivity (Wildman–Crippen MR) is 36.3 cm³/mol. The highest BCUT2D eigenvalue weighted by Gasteiger charge is 2.51. The number of amides is 1. The van der Waals surface area contributed by atoms with Crippen molar-refractivity contribution in [1.82, 2.24) is 0 Å². The van der Waals surface area contributed by atoms with E-state index in [-0.39, 0.29) is 12.4 Å². The van der Waals surface area contributed by atoms with Crippen LogP contribution in [0.2, 0.25) is 0 Å². The Morgan fingerprint density at radius 1 is 1.27 bits per heavy atom. The lowest BCUT2D eigenvalue weighted by Gasteiger charge is -2.23. The summed E-state index contributed by atoms with van der Waals surface area (Å²) >= 11 is 0. The lowest BCUT2D eigenvalue weighted by molar-refractivity contribution is -0.209. The highest BCUT2D eigenvalue weighted by Crippen LogP contribution is 2.36. The summed E-state index contributed by atoms with van der Waals surface area (Å²) in [5.41, 5.74) is 2.07. The summed E-state index contributed by atoms with van der Waals surface area (Å²) in [6.45, 7) is 1.49. The number of carbonyl (C=O) groups is 1. The zero-order valence-corrected chi connectivity index (χ0v) is 6.84. The second-order valence-electron chi connectivity index (χ2n) is 2.49. The molecule has 6 heteroatoms. The van der Waals surface area contributed by atoms with Crippen LogP contribution in [-0.2, 0) is 4.79 Å². The number of halogens is 4. The Hall–Kier alpha value is -0.450. The maximum absolute atomic E-state index is 11.8. The molecular weight excluding hydrogens is 183 g/mol. The molecule has 1 amide bonds. The number of rotatable bonds is 1. The van der Waals surface area contributed by atoms with Crippen molar-refractivity contribution in [1.29, 1.82) is 0 Å². The van der Waals surface area contributed by atoms with Crippen LogP contribution in [0.5, 0.6) is 0 Å². The predicted octanol–water partition coefficient (Wildman–Crippen LogP) is 1.48. The number of carbonyl (C=O) groups excluding carboxylic acids is 1. The molecule has 0 aliphatic heterocycles. The number of hydrogen-bond donors (Lipinski definition) is 1. The Balaban J connectivity index is 0. The van der Waals surface area contributed by atoms with Crippen LogP contribution in [0.3, 0.4) is 0 Å². The molecule has 0 spiro atoms. The largest absolute Gasteiger partial charge is 0.402 e. The molecule has 0 fully saturated rings. The van der Waals surface area contributed by atoms with Crippen LogP contribution in [0.1, 0.15) is 13.8 Å². The molecule has 0 atom stereocenters. The van der Waals surface area contributed by atoms with Gasteiger partial charge in [0.2, 0.25) is 5.91 Å². The average molecular weight is 192 g/mol. The fourth-order valence-corrected chi connectivity index (χ4v) is 0.140. The zero-order chi connectivity index (χ0) is 8.58. The third-order valence-corrected chi connectivity index (χ3v) is 1.32. The molecule has 2 nitrogen and oxygen atoms in total. The Kier molecular flexibility index (Phi) is 3.95. The molecule has 0 aliphatic rings. The topological polar surface area (TPSA) is 43.1 Å². The van der Waals surface area contributed by atoms with E-state index in [1.807, 2.05) is 0 Å². The van der Waals surface area contributed by atoms with Gasteiger partial charge in [-0.25, -0.2) is 0 Å². The van der Waals surface area contributed by atoms with Gasteiger partial charge in [0.05, 0.1) is 0 Å². The van der Waals surface area contributed by atoms with E-state index in [0.717, 1.165) is 13.8 Å². The van der Waals surface area contributed by atoms with Crippen molar-refractivity contribution in [2.24, 2.45) is 11.1 Å². The van der Waals surface area contributed by atoms with E-state index < -0.39 is 17.5 Å². The van der Waals surface area contributed by atoms with E-state index in [2.05, 4.69) is 5.73 Å². The zero-order valence-electron chi connectivity index (χ0n) is 6.03. The molecule has 0 aromatic rings. The smallest absolute Gasteiger partial charge is 0.369 e. The first-order valence-electron chi connectivity index (χ1n) is 2.56. The van der Waals surface area contributed by atoms with Crippen molar-refractivity contribution >= 4 is 18.3 Å². The Bertz CT molecular complexity index is 154. The van der Waals surface area contributed by atoms with Crippen molar-refractivity contribution in [2.45, 2.75) is 20.0 Å². The molecule has 0 saturated heterocycles. The minimum Gasteiger partial charge on any atom is -0.369 e. The second-order valence-corrected chi connectivity index (χ2v) is 2.49.